The van der Waals surface area contributed by atoms with Gasteiger partial charge >= 0.3 is 5.97 Å². The first-order valence-corrected chi connectivity index (χ1v) is 5.04. The lowest BCUT2D eigenvalue weighted by Gasteiger charge is -2.14. The minimum absolute atomic E-state index is 0.227. The van der Waals surface area contributed by atoms with Gasteiger partial charge in [-0.25, -0.2) is 0 Å². The zero-order valence-electron chi connectivity index (χ0n) is 8.40. The second-order valence-electron chi connectivity index (χ2n) is 3.68. The van der Waals surface area contributed by atoms with Crippen molar-refractivity contribution in [3.05, 3.63) is 0 Å². The summed E-state index contributed by atoms with van der Waals surface area (Å²) < 4.78 is 0. The van der Waals surface area contributed by atoms with Crippen molar-refractivity contribution >= 4 is 11.9 Å². The molecule has 1 fully saturated rings. The van der Waals surface area contributed by atoms with Crippen LogP contribution in [0.25, 0.3) is 0 Å². The van der Waals surface area contributed by atoms with Crippen LogP contribution in [-0.2, 0) is 9.59 Å². The molecule has 0 aliphatic heterocycles. The van der Waals surface area contributed by atoms with Gasteiger partial charge in [-0.15, -0.1) is 0 Å². The molecule has 1 aliphatic rings. The number of carbonyl (C=O) groups excluding carboxylic acids is 1. The van der Waals surface area contributed by atoms with Gasteiger partial charge < -0.3 is 10.4 Å². The second kappa shape index (κ2) is 5.35. The maximum absolute atomic E-state index is 11.6. The largest absolute Gasteiger partial charge is 0.481 e. The number of nitriles is 1. The number of carboxylic acid groups (broad SMARTS) is 1. The molecule has 82 valence electrons. The normalized spacial score (nSPS) is 24.5. The van der Waals surface area contributed by atoms with E-state index in [0.717, 1.165) is 6.42 Å². The quantitative estimate of drug-likeness (QED) is 0.662. The summed E-state index contributed by atoms with van der Waals surface area (Å²) in [6.45, 7) is 0.304. The molecule has 0 aromatic carbocycles. The molecule has 5 heteroatoms. The number of nitrogens with one attached hydrogen (secondary N) is 1. The molecule has 5 nitrogen and oxygen atoms in total. The molecular weight excluding hydrogens is 196 g/mol. The summed E-state index contributed by atoms with van der Waals surface area (Å²) in [5.74, 6) is -2.09. The highest BCUT2D eigenvalue weighted by atomic mass is 16.4. The highest BCUT2D eigenvalue weighted by Crippen LogP contribution is 2.31. The van der Waals surface area contributed by atoms with Gasteiger partial charge in [0.1, 0.15) is 0 Å². The molecule has 0 unspecified atom stereocenters. The lowest BCUT2D eigenvalue weighted by Crippen LogP contribution is -2.35. The summed E-state index contributed by atoms with van der Waals surface area (Å²) in [7, 11) is 0. The predicted octanol–water partition coefficient (Wildman–Crippen LogP) is 0.517. The standard InChI is InChI=1S/C10H14N2O3/c11-5-2-6-12-9(13)7-3-1-4-8(7)10(14)15/h7-8H,1-4,6H2,(H,12,13)(H,14,15)/t7-,8+/m1/s1. The molecule has 2 atom stereocenters. The Morgan fingerprint density at radius 3 is 2.67 bits per heavy atom. The maximum Gasteiger partial charge on any atom is 0.307 e. The molecule has 1 rings (SSSR count). The average molecular weight is 210 g/mol. The van der Waals surface area contributed by atoms with Crippen molar-refractivity contribution < 1.29 is 14.7 Å². The third kappa shape index (κ3) is 2.94. The third-order valence-corrected chi connectivity index (χ3v) is 2.71. The van der Waals surface area contributed by atoms with Gasteiger partial charge in [0.05, 0.1) is 24.3 Å². The van der Waals surface area contributed by atoms with E-state index in [0.29, 0.717) is 19.4 Å². The Kier molecular flexibility index (Phi) is 4.10. The number of amides is 1. The second-order valence-corrected chi connectivity index (χ2v) is 3.68. The Labute approximate surface area is 88.1 Å². The van der Waals surface area contributed by atoms with Gasteiger partial charge in [-0.1, -0.05) is 6.42 Å². The van der Waals surface area contributed by atoms with E-state index in [1.54, 1.807) is 0 Å². The maximum atomic E-state index is 11.6. The van der Waals surface area contributed by atoms with Crippen LogP contribution in [-0.4, -0.2) is 23.5 Å². The van der Waals surface area contributed by atoms with E-state index in [1.165, 1.54) is 0 Å². The van der Waals surface area contributed by atoms with Crippen LogP contribution in [0, 0.1) is 23.2 Å². The van der Waals surface area contributed by atoms with Crippen LogP contribution in [0.1, 0.15) is 25.7 Å². The summed E-state index contributed by atoms with van der Waals surface area (Å²) in [4.78, 5) is 22.4. The highest BCUT2D eigenvalue weighted by Gasteiger charge is 2.37. The van der Waals surface area contributed by atoms with E-state index < -0.39 is 17.8 Å². The SMILES string of the molecule is N#CCCNC(=O)[C@@H]1CCC[C@@H]1C(=O)O. The summed E-state index contributed by atoms with van der Waals surface area (Å²) >= 11 is 0. The Hall–Kier alpha value is -1.57. The van der Waals surface area contributed by atoms with E-state index in [1.807, 2.05) is 6.07 Å². The number of carbonyl (C=O) groups is 2. The molecule has 0 spiro atoms. The topological polar surface area (TPSA) is 90.2 Å². The minimum Gasteiger partial charge on any atom is -0.481 e. The fourth-order valence-corrected chi connectivity index (χ4v) is 1.94. The fourth-order valence-electron chi connectivity index (χ4n) is 1.94. The zero-order valence-corrected chi connectivity index (χ0v) is 8.40. The Morgan fingerprint density at radius 1 is 1.40 bits per heavy atom. The number of aliphatic carboxylic acids is 1. The summed E-state index contributed by atoms with van der Waals surface area (Å²) in [5, 5.41) is 19.7. The van der Waals surface area contributed by atoms with Gasteiger partial charge in [0.2, 0.25) is 5.91 Å². The Bertz CT molecular complexity index is 296. The average Bonchev–Trinajstić information content (AvgIpc) is 2.66. The number of carboxylic acids is 1. The minimum atomic E-state index is -0.895. The van der Waals surface area contributed by atoms with Gasteiger partial charge in [-0.3, -0.25) is 9.59 Å². The van der Waals surface area contributed by atoms with Crippen LogP contribution < -0.4 is 5.32 Å². The van der Waals surface area contributed by atoms with Crippen LogP contribution in [0.4, 0.5) is 0 Å². The van der Waals surface area contributed by atoms with Crippen molar-refractivity contribution in [3.8, 4) is 6.07 Å². The Morgan fingerprint density at radius 2 is 2.07 bits per heavy atom. The van der Waals surface area contributed by atoms with E-state index in [4.69, 9.17) is 10.4 Å². The molecule has 0 radical (unpaired) electrons. The molecule has 1 aliphatic carbocycles. The van der Waals surface area contributed by atoms with Crippen molar-refractivity contribution in [2.24, 2.45) is 11.8 Å². The molecule has 0 saturated heterocycles. The number of hydrogen-bond donors (Lipinski definition) is 2. The highest BCUT2D eigenvalue weighted by molar-refractivity contribution is 5.85. The summed E-state index contributed by atoms with van der Waals surface area (Å²) in [6.07, 6.45) is 2.25. The van der Waals surface area contributed by atoms with Crippen LogP contribution >= 0.6 is 0 Å². The molecule has 0 heterocycles. The number of nitrogens with zero attached hydrogens (tertiary/aromatic N) is 1. The van der Waals surface area contributed by atoms with Gasteiger partial charge in [0.25, 0.3) is 0 Å². The first-order chi connectivity index (χ1) is 7.16. The lowest BCUT2D eigenvalue weighted by atomic mass is 9.95. The fraction of sp³-hybridized carbons (Fsp3) is 0.700. The van der Waals surface area contributed by atoms with Crippen molar-refractivity contribution in [2.45, 2.75) is 25.7 Å². The van der Waals surface area contributed by atoms with Gasteiger partial charge in [0, 0.05) is 6.54 Å². The predicted molar refractivity (Wildman–Crippen MR) is 51.7 cm³/mol. The molecule has 2 N–H and O–H groups in total. The van der Waals surface area contributed by atoms with Crippen LogP contribution in [0.15, 0.2) is 0 Å². The van der Waals surface area contributed by atoms with Gasteiger partial charge in [-0.2, -0.15) is 5.26 Å². The van der Waals surface area contributed by atoms with E-state index in [9.17, 15) is 9.59 Å². The smallest absolute Gasteiger partial charge is 0.307 e. The van der Waals surface area contributed by atoms with Crippen molar-refractivity contribution in [1.29, 1.82) is 5.26 Å². The van der Waals surface area contributed by atoms with E-state index >= 15 is 0 Å². The lowest BCUT2D eigenvalue weighted by molar-refractivity contribution is -0.146. The van der Waals surface area contributed by atoms with Crippen molar-refractivity contribution in [1.82, 2.24) is 5.32 Å². The summed E-state index contributed by atoms with van der Waals surface area (Å²) in [6, 6.07) is 1.92. The molecule has 0 aromatic heterocycles. The first kappa shape index (κ1) is 11.5. The molecule has 0 bridgehead atoms. The molecule has 15 heavy (non-hydrogen) atoms. The molecule has 0 aromatic rings. The van der Waals surface area contributed by atoms with Gasteiger partial charge in [-0.05, 0) is 12.8 Å². The molecule has 1 amide bonds. The van der Waals surface area contributed by atoms with E-state index in [2.05, 4.69) is 5.32 Å². The molecular formula is C10H14N2O3. The third-order valence-electron chi connectivity index (χ3n) is 2.71. The van der Waals surface area contributed by atoms with Crippen molar-refractivity contribution in [3.63, 3.8) is 0 Å². The van der Waals surface area contributed by atoms with Crippen LogP contribution in [0.5, 0.6) is 0 Å². The number of hydrogen-bond acceptors (Lipinski definition) is 3. The monoisotopic (exact) mass is 210 g/mol. The first-order valence-electron chi connectivity index (χ1n) is 5.04. The van der Waals surface area contributed by atoms with Crippen LogP contribution in [0.3, 0.4) is 0 Å². The van der Waals surface area contributed by atoms with E-state index in [-0.39, 0.29) is 12.3 Å². The van der Waals surface area contributed by atoms with Gasteiger partial charge in [0.15, 0.2) is 0 Å². The molecule has 1 saturated carbocycles. The zero-order chi connectivity index (χ0) is 11.3. The number of rotatable bonds is 4. The Balaban J connectivity index is 2.45. The van der Waals surface area contributed by atoms with Crippen molar-refractivity contribution in [2.75, 3.05) is 6.54 Å². The van der Waals surface area contributed by atoms with Crippen LogP contribution in [0.2, 0.25) is 0 Å². The summed E-state index contributed by atoms with van der Waals surface area (Å²) in [5.41, 5.74) is 0.